The molecular weight excluding hydrogens is 264 g/mol. The van der Waals surface area contributed by atoms with Gasteiger partial charge in [0.25, 0.3) is 0 Å². The summed E-state index contributed by atoms with van der Waals surface area (Å²) < 4.78 is 0. The van der Waals surface area contributed by atoms with Crippen LogP contribution in [0, 0.1) is 0 Å². The minimum atomic E-state index is -0.708. The molecule has 1 aromatic rings. The Morgan fingerprint density at radius 2 is 1.81 bits per heavy atom. The lowest BCUT2D eigenvalue weighted by Gasteiger charge is -2.24. The van der Waals surface area contributed by atoms with Crippen molar-refractivity contribution in [2.45, 2.75) is 25.7 Å². The van der Waals surface area contributed by atoms with Crippen LogP contribution in [0.25, 0.3) is 0 Å². The Balaban J connectivity index is 1.77. The van der Waals surface area contributed by atoms with E-state index in [9.17, 15) is 4.79 Å². The Kier molecular flexibility index (Phi) is 6.70. The molecule has 4 heteroatoms. The molecule has 0 bridgehead atoms. The zero-order valence-corrected chi connectivity index (χ0v) is 12.7. The van der Waals surface area contributed by atoms with Crippen molar-refractivity contribution in [1.82, 2.24) is 9.80 Å². The molecule has 0 radical (unpaired) electrons. The summed E-state index contributed by atoms with van der Waals surface area (Å²) in [5.41, 5.74) is 1.32. The highest BCUT2D eigenvalue weighted by molar-refractivity contribution is 5.66. The average molecular weight is 290 g/mol. The Morgan fingerprint density at radius 1 is 1.10 bits per heavy atom. The molecule has 0 atom stereocenters. The normalized spacial score (nSPS) is 15.7. The number of carbonyl (C=O) groups is 1. The molecule has 0 aromatic heterocycles. The molecule has 0 spiro atoms. The Morgan fingerprint density at radius 3 is 2.48 bits per heavy atom. The summed E-state index contributed by atoms with van der Waals surface area (Å²) in [6.45, 7) is 6.02. The van der Waals surface area contributed by atoms with Gasteiger partial charge in [-0.2, -0.15) is 0 Å². The second-order valence-corrected chi connectivity index (χ2v) is 5.77. The van der Waals surface area contributed by atoms with Crippen molar-refractivity contribution in [3.8, 4) is 0 Å². The molecule has 4 nitrogen and oxygen atoms in total. The maximum atomic E-state index is 10.8. The molecule has 1 N–H and O–H groups in total. The summed E-state index contributed by atoms with van der Waals surface area (Å²) >= 11 is 0. The smallest absolute Gasteiger partial charge is 0.304 e. The number of likely N-dealkylation sites (tertiary alicyclic amines) is 1. The van der Waals surface area contributed by atoms with Crippen LogP contribution in [0.3, 0.4) is 0 Å². The lowest BCUT2D eigenvalue weighted by molar-refractivity contribution is -0.137. The molecule has 2 rings (SSSR count). The first-order valence-electron chi connectivity index (χ1n) is 7.94. The van der Waals surface area contributed by atoms with Crippen LogP contribution in [-0.4, -0.2) is 60.1 Å². The highest BCUT2D eigenvalue weighted by Crippen LogP contribution is 2.08. The lowest BCUT2D eigenvalue weighted by Crippen LogP contribution is -2.36. The Hall–Kier alpha value is -1.39. The van der Waals surface area contributed by atoms with E-state index in [2.05, 4.69) is 34.1 Å². The van der Waals surface area contributed by atoms with Gasteiger partial charge in [-0.05, 0) is 37.9 Å². The van der Waals surface area contributed by atoms with Crippen molar-refractivity contribution >= 4 is 5.97 Å². The van der Waals surface area contributed by atoms with Gasteiger partial charge in [0.05, 0.1) is 6.42 Å². The fraction of sp³-hybridized carbons (Fsp3) is 0.588. The molecule has 1 saturated heterocycles. The summed E-state index contributed by atoms with van der Waals surface area (Å²) in [5, 5.41) is 8.89. The van der Waals surface area contributed by atoms with Gasteiger partial charge in [0.15, 0.2) is 0 Å². The molecule has 0 unspecified atom stereocenters. The summed E-state index contributed by atoms with van der Waals surface area (Å²) in [5.74, 6) is -0.708. The highest BCUT2D eigenvalue weighted by Gasteiger charge is 2.14. The van der Waals surface area contributed by atoms with Crippen LogP contribution < -0.4 is 0 Å². The maximum absolute atomic E-state index is 10.8. The van der Waals surface area contributed by atoms with Crippen LogP contribution in [-0.2, 0) is 11.2 Å². The van der Waals surface area contributed by atoms with Gasteiger partial charge in [0, 0.05) is 26.2 Å². The van der Waals surface area contributed by atoms with Crippen molar-refractivity contribution in [3.63, 3.8) is 0 Å². The molecular formula is C17H26N2O2. The zero-order valence-electron chi connectivity index (χ0n) is 12.7. The van der Waals surface area contributed by atoms with Gasteiger partial charge in [0.2, 0.25) is 0 Å². The summed E-state index contributed by atoms with van der Waals surface area (Å²) in [6, 6.07) is 10.4. The molecule has 1 aliphatic rings. The van der Waals surface area contributed by atoms with E-state index in [0.717, 1.165) is 26.1 Å². The predicted molar refractivity (Wildman–Crippen MR) is 84.5 cm³/mol. The van der Waals surface area contributed by atoms with Crippen molar-refractivity contribution in [2.24, 2.45) is 0 Å². The van der Waals surface area contributed by atoms with Crippen LogP contribution in [0.15, 0.2) is 30.3 Å². The van der Waals surface area contributed by atoms with Crippen molar-refractivity contribution in [2.75, 3.05) is 39.3 Å². The van der Waals surface area contributed by atoms with Gasteiger partial charge in [-0.3, -0.25) is 4.79 Å². The minimum Gasteiger partial charge on any atom is -0.481 e. The quantitative estimate of drug-likeness (QED) is 0.756. The van der Waals surface area contributed by atoms with E-state index in [-0.39, 0.29) is 6.42 Å². The average Bonchev–Trinajstić information content (AvgIpc) is 3.00. The van der Waals surface area contributed by atoms with Crippen LogP contribution in [0.2, 0.25) is 0 Å². The topological polar surface area (TPSA) is 43.8 Å². The molecule has 0 amide bonds. The third-order valence-electron chi connectivity index (χ3n) is 4.13. The lowest BCUT2D eigenvalue weighted by atomic mass is 10.1. The number of carboxylic acids is 1. The van der Waals surface area contributed by atoms with Crippen molar-refractivity contribution in [1.29, 1.82) is 0 Å². The van der Waals surface area contributed by atoms with Gasteiger partial charge in [0.1, 0.15) is 0 Å². The number of benzene rings is 1. The van der Waals surface area contributed by atoms with E-state index in [4.69, 9.17) is 5.11 Å². The number of rotatable bonds is 9. The van der Waals surface area contributed by atoms with E-state index < -0.39 is 5.97 Å². The second kappa shape index (κ2) is 8.80. The summed E-state index contributed by atoms with van der Waals surface area (Å²) in [6.07, 6.45) is 3.83. The zero-order chi connectivity index (χ0) is 14.9. The first kappa shape index (κ1) is 16.0. The number of hydrogen-bond acceptors (Lipinski definition) is 3. The van der Waals surface area contributed by atoms with Crippen LogP contribution in [0.4, 0.5) is 0 Å². The number of carboxylic acid groups (broad SMARTS) is 1. The molecule has 1 aliphatic heterocycles. The predicted octanol–water partition coefficient (Wildman–Crippen LogP) is 2.10. The molecule has 1 aromatic carbocycles. The van der Waals surface area contributed by atoms with Crippen molar-refractivity contribution < 1.29 is 9.90 Å². The highest BCUT2D eigenvalue weighted by atomic mass is 16.4. The number of aliphatic carboxylic acids is 1. The fourth-order valence-corrected chi connectivity index (χ4v) is 2.81. The third-order valence-corrected chi connectivity index (χ3v) is 4.13. The molecule has 116 valence electrons. The molecule has 0 saturated carbocycles. The maximum Gasteiger partial charge on any atom is 0.304 e. The van der Waals surface area contributed by atoms with Gasteiger partial charge in [-0.15, -0.1) is 0 Å². The summed E-state index contributed by atoms with van der Waals surface area (Å²) in [7, 11) is 0. The van der Waals surface area contributed by atoms with E-state index in [0.29, 0.717) is 6.54 Å². The van der Waals surface area contributed by atoms with E-state index >= 15 is 0 Å². The molecule has 1 heterocycles. The monoisotopic (exact) mass is 290 g/mol. The third kappa shape index (κ3) is 6.27. The van der Waals surface area contributed by atoms with Gasteiger partial charge < -0.3 is 14.9 Å². The number of nitrogens with zero attached hydrogens (tertiary/aromatic N) is 2. The molecule has 0 aliphatic carbocycles. The van der Waals surface area contributed by atoms with Gasteiger partial charge >= 0.3 is 5.97 Å². The first-order valence-corrected chi connectivity index (χ1v) is 7.94. The minimum absolute atomic E-state index is 0.231. The van der Waals surface area contributed by atoms with Crippen molar-refractivity contribution in [3.05, 3.63) is 35.9 Å². The van der Waals surface area contributed by atoms with E-state index in [1.807, 2.05) is 6.07 Å². The standard InChI is InChI=1S/C17H26N2O2/c20-17(21)9-13-19(15-14-18-10-4-5-11-18)12-8-16-6-2-1-3-7-16/h1-3,6-7H,4-5,8-15H2,(H,20,21). The van der Waals surface area contributed by atoms with Crippen LogP contribution in [0.1, 0.15) is 24.8 Å². The van der Waals surface area contributed by atoms with Crippen LogP contribution >= 0.6 is 0 Å². The first-order chi connectivity index (χ1) is 10.2. The molecule has 1 fully saturated rings. The van der Waals surface area contributed by atoms with Gasteiger partial charge in [-0.1, -0.05) is 30.3 Å². The Bertz CT molecular complexity index is 416. The van der Waals surface area contributed by atoms with E-state index in [1.165, 1.54) is 31.5 Å². The second-order valence-electron chi connectivity index (χ2n) is 5.77. The van der Waals surface area contributed by atoms with E-state index in [1.54, 1.807) is 0 Å². The summed E-state index contributed by atoms with van der Waals surface area (Å²) in [4.78, 5) is 15.6. The largest absolute Gasteiger partial charge is 0.481 e. The molecule has 21 heavy (non-hydrogen) atoms. The number of hydrogen-bond donors (Lipinski definition) is 1. The fourth-order valence-electron chi connectivity index (χ4n) is 2.81. The SMILES string of the molecule is O=C(O)CCN(CCc1ccccc1)CCN1CCCC1. The van der Waals surface area contributed by atoms with Gasteiger partial charge in [-0.25, -0.2) is 0 Å². The Labute approximate surface area is 127 Å². The van der Waals surface area contributed by atoms with Crippen LogP contribution in [0.5, 0.6) is 0 Å².